The number of aryl methyl sites for hydroxylation is 1. The summed E-state index contributed by atoms with van der Waals surface area (Å²) in [4.78, 5) is 4.15. The summed E-state index contributed by atoms with van der Waals surface area (Å²) in [6.07, 6.45) is 0.917. The monoisotopic (exact) mass is 421 g/mol. The van der Waals surface area contributed by atoms with Crippen molar-refractivity contribution in [2.75, 3.05) is 40.0 Å². The van der Waals surface area contributed by atoms with Gasteiger partial charge in [0.25, 0.3) is 0 Å². The molecule has 5 nitrogen and oxygen atoms in total. The van der Waals surface area contributed by atoms with E-state index in [0.29, 0.717) is 13.2 Å². The molecule has 2 N–H and O–H groups in total. The highest BCUT2D eigenvalue weighted by atomic mass is 127. The molecule has 0 fully saturated rings. The van der Waals surface area contributed by atoms with Gasteiger partial charge in [-0.2, -0.15) is 0 Å². The van der Waals surface area contributed by atoms with Crippen molar-refractivity contribution in [3.8, 4) is 5.75 Å². The minimum atomic E-state index is 0. The number of nitrogens with zero attached hydrogens (tertiary/aromatic N) is 1. The third-order valence-corrected chi connectivity index (χ3v) is 2.87. The maximum absolute atomic E-state index is 5.67. The lowest BCUT2D eigenvalue weighted by Gasteiger charge is -2.12. The van der Waals surface area contributed by atoms with Gasteiger partial charge in [0, 0.05) is 26.7 Å². The second-order valence-corrected chi connectivity index (χ2v) is 4.64. The molecule has 0 aromatic heterocycles. The van der Waals surface area contributed by atoms with E-state index in [0.717, 1.165) is 37.8 Å². The Labute approximate surface area is 150 Å². The maximum atomic E-state index is 5.67. The molecule has 0 atom stereocenters. The van der Waals surface area contributed by atoms with Crippen LogP contribution in [0.3, 0.4) is 0 Å². The molecule has 0 unspecified atom stereocenters. The van der Waals surface area contributed by atoms with Gasteiger partial charge in [-0.1, -0.05) is 17.7 Å². The maximum Gasteiger partial charge on any atom is 0.191 e. The summed E-state index contributed by atoms with van der Waals surface area (Å²) in [6, 6.07) is 8.10. The fourth-order valence-electron chi connectivity index (χ4n) is 1.71. The number of nitrogens with one attached hydrogen (secondary N) is 2. The zero-order chi connectivity index (χ0) is 15.3. The fourth-order valence-corrected chi connectivity index (χ4v) is 1.71. The molecule has 1 aromatic rings. The van der Waals surface area contributed by atoms with Crippen LogP contribution in [0, 0.1) is 6.92 Å². The topological polar surface area (TPSA) is 54.9 Å². The van der Waals surface area contributed by atoms with Crippen molar-refractivity contribution < 1.29 is 9.47 Å². The summed E-state index contributed by atoms with van der Waals surface area (Å²) in [5.74, 6) is 1.71. The predicted octanol–water partition coefficient (Wildman–Crippen LogP) is 2.58. The molecule has 0 aliphatic heterocycles. The normalized spacial score (nSPS) is 10.8. The zero-order valence-corrected chi connectivity index (χ0v) is 16.1. The Morgan fingerprint density at radius 3 is 2.41 bits per heavy atom. The Hall–Kier alpha value is -1.02. The highest BCUT2D eigenvalue weighted by Gasteiger charge is 1.97. The van der Waals surface area contributed by atoms with Crippen LogP contribution in [0.15, 0.2) is 29.3 Å². The van der Waals surface area contributed by atoms with Crippen molar-refractivity contribution in [2.24, 2.45) is 4.99 Å². The number of halogens is 1. The van der Waals surface area contributed by atoms with Crippen molar-refractivity contribution in [3.05, 3.63) is 29.8 Å². The smallest absolute Gasteiger partial charge is 0.191 e. The molecule has 0 bridgehead atoms. The number of hydrogen-bond donors (Lipinski definition) is 2. The van der Waals surface area contributed by atoms with Crippen LogP contribution in [-0.4, -0.2) is 45.9 Å². The summed E-state index contributed by atoms with van der Waals surface area (Å²) >= 11 is 0. The van der Waals surface area contributed by atoms with E-state index in [-0.39, 0.29) is 24.0 Å². The summed E-state index contributed by atoms with van der Waals surface area (Å²) in [5.41, 5.74) is 1.24. The highest BCUT2D eigenvalue weighted by molar-refractivity contribution is 14.0. The third-order valence-electron chi connectivity index (χ3n) is 2.87. The van der Waals surface area contributed by atoms with Crippen molar-refractivity contribution in [3.63, 3.8) is 0 Å². The molecule has 1 rings (SSSR count). The summed E-state index contributed by atoms with van der Waals surface area (Å²) in [5, 5.41) is 6.44. The quantitative estimate of drug-likeness (QED) is 0.279. The molecule has 0 amide bonds. The van der Waals surface area contributed by atoms with Gasteiger partial charge in [0.1, 0.15) is 5.75 Å². The van der Waals surface area contributed by atoms with Gasteiger partial charge in [-0.05, 0) is 32.4 Å². The lowest BCUT2D eigenvalue weighted by atomic mass is 10.2. The molecular weight excluding hydrogens is 393 g/mol. The van der Waals surface area contributed by atoms with Crippen molar-refractivity contribution >= 4 is 29.9 Å². The van der Waals surface area contributed by atoms with E-state index >= 15 is 0 Å². The predicted molar refractivity (Wildman–Crippen MR) is 103 cm³/mol. The molecule has 0 spiro atoms. The van der Waals surface area contributed by atoms with E-state index in [1.807, 2.05) is 19.1 Å². The van der Waals surface area contributed by atoms with Gasteiger partial charge in [-0.15, -0.1) is 24.0 Å². The number of rotatable bonds is 9. The molecule has 1 aromatic carbocycles. The van der Waals surface area contributed by atoms with Crippen LogP contribution in [0.1, 0.15) is 18.9 Å². The average molecular weight is 421 g/mol. The summed E-state index contributed by atoms with van der Waals surface area (Å²) in [7, 11) is 1.76. The molecule has 0 saturated heterocycles. The van der Waals surface area contributed by atoms with Crippen LogP contribution < -0.4 is 15.4 Å². The first kappa shape index (κ1) is 21.0. The summed E-state index contributed by atoms with van der Waals surface area (Å²) < 4.78 is 10.9. The van der Waals surface area contributed by atoms with Crippen LogP contribution in [0.2, 0.25) is 0 Å². The van der Waals surface area contributed by atoms with Gasteiger partial charge < -0.3 is 20.1 Å². The van der Waals surface area contributed by atoms with E-state index in [9.17, 15) is 0 Å². The molecule has 0 radical (unpaired) electrons. The van der Waals surface area contributed by atoms with Crippen LogP contribution in [0.5, 0.6) is 5.75 Å². The van der Waals surface area contributed by atoms with Crippen molar-refractivity contribution in [2.45, 2.75) is 20.3 Å². The Balaban J connectivity index is 0.00000441. The standard InChI is InChI=1S/C16H27N3O2.HI/c1-4-20-13-11-19-16(17-3)18-10-5-12-21-15-8-6-14(2)7-9-15;/h6-9H,4-5,10-13H2,1-3H3,(H2,17,18,19);1H. The van der Waals surface area contributed by atoms with Crippen LogP contribution in [-0.2, 0) is 4.74 Å². The first-order valence-corrected chi connectivity index (χ1v) is 7.48. The van der Waals surface area contributed by atoms with Crippen molar-refractivity contribution in [1.29, 1.82) is 0 Å². The molecule has 6 heteroatoms. The van der Waals surface area contributed by atoms with Crippen LogP contribution >= 0.6 is 24.0 Å². The number of guanidine groups is 1. The number of aliphatic imine (C=N–C) groups is 1. The first-order valence-electron chi connectivity index (χ1n) is 7.48. The second-order valence-electron chi connectivity index (χ2n) is 4.64. The number of ether oxygens (including phenoxy) is 2. The van der Waals surface area contributed by atoms with Crippen molar-refractivity contribution in [1.82, 2.24) is 10.6 Å². The Morgan fingerprint density at radius 2 is 1.77 bits per heavy atom. The lowest BCUT2D eigenvalue weighted by molar-refractivity contribution is 0.152. The number of hydrogen-bond acceptors (Lipinski definition) is 3. The van der Waals surface area contributed by atoms with E-state index < -0.39 is 0 Å². The molecule has 0 aliphatic carbocycles. The number of benzene rings is 1. The minimum Gasteiger partial charge on any atom is -0.494 e. The van der Waals surface area contributed by atoms with Gasteiger partial charge in [0.05, 0.1) is 13.2 Å². The van der Waals surface area contributed by atoms with Crippen LogP contribution in [0.4, 0.5) is 0 Å². The van der Waals surface area contributed by atoms with E-state index in [1.54, 1.807) is 7.05 Å². The average Bonchev–Trinajstić information content (AvgIpc) is 2.51. The molecular formula is C16H28IN3O2. The van der Waals surface area contributed by atoms with Gasteiger partial charge in [-0.3, -0.25) is 4.99 Å². The second kappa shape index (κ2) is 13.6. The fraction of sp³-hybridized carbons (Fsp3) is 0.562. The van der Waals surface area contributed by atoms with Gasteiger partial charge in [-0.25, -0.2) is 0 Å². The summed E-state index contributed by atoms with van der Waals surface area (Å²) in [6.45, 7) is 7.75. The molecule has 22 heavy (non-hydrogen) atoms. The van der Waals surface area contributed by atoms with Gasteiger partial charge >= 0.3 is 0 Å². The zero-order valence-electron chi connectivity index (χ0n) is 13.7. The van der Waals surface area contributed by atoms with Gasteiger partial charge in [0.2, 0.25) is 0 Å². The molecule has 126 valence electrons. The minimum absolute atomic E-state index is 0. The molecule has 0 aliphatic rings. The molecule has 0 saturated carbocycles. The lowest BCUT2D eigenvalue weighted by Crippen LogP contribution is -2.39. The van der Waals surface area contributed by atoms with Gasteiger partial charge in [0.15, 0.2) is 5.96 Å². The molecule has 0 heterocycles. The Kier molecular flexibility index (Phi) is 13.0. The Morgan fingerprint density at radius 1 is 1.09 bits per heavy atom. The highest BCUT2D eigenvalue weighted by Crippen LogP contribution is 2.11. The third kappa shape index (κ3) is 9.83. The van der Waals surface area contributed by atoms with E-state index in [1.165, 1.54) is 5.56 Å². The SMILES string of the molecule is CCOCCNC(=NC)NCCCOc1ccc(C)cc1.I. The van der Waals surface area contributed by atoms with E-state index in [4.69, 9.17) is 9.47 Å². The first-order chi connectivity index (χ1) is 10.3. The van der Waals surface area contributed by atoms with Crippen LogP contribution in [0.25, 0.3) is 0 Å². The largest absolute Gasteiger partial charge is 0.494 e. The van der Waals surface area contributed by atoms with E-state index in [2.05, 4.69) is 34.7 Å². The Bertz CT molecular complexity index is 410.